The molecule has 0 radical (unpaired) electrons. The number of anilines is 1. The van der Waals surface area contributed by atoms with E-state index in [1.807, 2.05) is 23.6 Å². The molecule has 1 aromatic carbocycles. The van der Waals surface area contributed by atoms with Crippen molar-refractivity contribution in [1.29, 1.82) is 0 Å². The molecule has 0 unspecified atom stereocenters. The van der Waals surface area contributed by atoms with Crippen LogP contribution in [0.1, 0.15) is 0 Å². The summed E-state index contributed by atoms with van der Waals surface area (Å²) in [5, 5.41) is 6.45. The zero-order chi connectivity index (χ0) is 12.5. The van der Waals surface area contributed by atoms with E-state index in [0.29, 0.717) is 22.4 Å². The van der Waals surface area contributed by atoms with Crippen molar-refractivity contribution in [2.24, 2.45) is 0 Å². The third kappa shape index (κ3) is 1.98. The summed E-state index contributed by atoms with van der Waals surface area (Å²) in [4.78, 5) is 5.11. The molecule has 0 saturated heterocycles. The first-order valence-electron chi connectivity index (χ1n) is 5.17. The summed E-state index contributed by atoms with van der Waals surface area (Å²) in [5.74, 6) is 0.928. The molecule has 2 heterocycles. The molecule has 0 fully saturated rings. The van der Waals surface area contributed by atoms with Gasteiger partial charge in [-0.1, -0.05) is 28.9 Å². The number of rotatable bonds is 2. The molecule has 4 nitrogen and oxygen atoms in total. The first-order valence-corrected chi connectivity index (χ1v) is 6.43. The van der Waals surface area contributed by atoms with Crippen LogP contribution >= 0.6 is 22.9 Å². The Kier molecular flexibility index (Phi) is 2.77. The van der Waals surface area contributed by atoms with E-state index in [1.165, 1.54) is 11.3 Å². The minimum absolute atomic E-state index is 0.428. The van der Waals surface area contributed by atoms with Crippen LogP contribution in [-0.4, -0.2) is 10.1 Å². The van der Waals surface area contributed by atoms with Crippen molar-refractivity contribution in [2.75, 3.05) is 5.73 Å². The van der Waals surface area contributed by atoms with E-state index >= 15 is 0 Å². The van der Waals surface area contributed by atoms with Crippen LogP contribution in [0.15, 0.2) is 40.2 Å². The maximum absolute atomic E-state index is 5.92. The Morgan fingerprint density at radius 3 is 2.89 bits per heavy atom. The van der Waals surface area contributed by atoms with E-state index < -0.39 is 0 Å². The maximum atomic E-state index is 5.92. The second kappa shape index (κ2) is 4.44. The fourth-order valence-corrected chi connectivity index (χ4v) is 2.48. The molecule has 3 aromatic rings. The van der Waals surface area contributed by atoms with Gasteiger partial charge in [0.2, 0.25) is 5.82 Å². The lowest BCUT2D eigenvalue weighted by molar-refractivity contribution is 0.433. The number of halogens is 1. The Hall–Kier alpha value is -1.85. The molecule has 0 bridgehead atoms. The molecule has 0 spiro atoms. The van der Waals surface area contributed by atoms with Crippen LogP contribution in [0.25, 0.3) is 22.2 Å². The average Bonchev–Trinajstić information content (AvgIpc) is 2.97. The minimum atomic E-state index is 0.428. The van der Waals surface area contributed by atoms with Gasteiger partial charge >= 0.3 is 0 Å². The molecule has 0 atom stereocenters. The van der Waals surface area contributed by atoms with E-state index in [4.69, 9.17) is 21.9 Å². The number of benzene rings is 1. The molecule has 0 amide bonds. The van der Waals surface area contributed by atoms with Crippen LogP contribution in [0.5, 0.6) is 0 Å². The predicted octanol–water partition coefficient (Wildman–Crippen LogP) is 3.70. The smallest absolute Gasteiger partial charge is 0.270 e. The first-order chi connectivity index (χ1) is 8.74. The monoisotopic (exact) mass is 277 g/mol. The summed E-state index contributed by atoms with van der Waals surface area (Å²) in [6.07, 6.45) is 0. The largest absolute Gasteiger partial charge is 0.397 e. The molecule has 18 heavy (non-hydrogen) atoms. The van der Waals surface area contributed by atoms with E-state index in [0.717, 1.165) is 10.4 Å². The molecule has 0 aliphatic rings. The lowest BCUT2D eigenvalue weighted by Crippen LogP contribution is -1.84. The number of thiophene rings is 1. The second-order valence-electron chi connectivity index (χ2n) is 3.64. The van der Waals surface area contributed by atoms with Gasteiger partial charge in [-0.05, 0) is 23.6 Å². The van der Waals surface area contributed by atoms with Crippen LogP contribution < -0.4 is 5.73 Å². The van der Waals surface area contributed by atoms with Crippen LogP contribution in [0.2, 0.25) is 5.02 Å². The molecular weight excluding hydrogens is 270 g/mol. The molecule has 3 rings (SSSR count). The van der Waals surface area contributed by atoms with E-state index in [9.17, 15) is 0 Å². The second-order valence-corrected chi connectivity index (χ2v) is 4.99. The van der Waals surface area contributed by atoms with Gasteiger partial charge in [-0.25, -0.2) is 0 Å². The molecule has 0 aliphatic carbocycles. The van der Waals surface area contributed by atoms with Crippen molar-refractivity contribution in [3.8, 4) is 22.2 Å². The highest BCUT2D eigenvalue weighted by molar-refractivity contribution is 7.14. The van der Waals surface area contributed by atoms with Crippen molar-refractivity contribution in [2.45, 2.75) is 0 Å². The molecule has 0 aliphatic heterocycles. The Balaban J connectivity index is 2.02. The number of nitrogen functional groups attached to an aromatic ring is 1. The standard InChI is InChI=1S/C12H8ClN3OS/c13-8-3-1-2-7(6-8)11-15-12(17-16-11)10-9(14)4-5-18-10/h1-6H,14H2. The molecule has 0 saturated carbocycles. The van der Waals surface area contributed by atoms with E-state index in [1.54, 1.807) is 12.1 Å². The average molecular weight is 278 g/mol. The molecule has 2 N–H and O–H groups in total. The van der Waals surface area contributed by atoms with E-state index in [2.05, 4.69) is 10.1 Å². The number of nitrogens with two attached hydrogens (primary N) is 1. The zero-order valence-electron chi connectivity index (χ0n) is 9.13. The Morgan fingerprint density at radius 2 is 2.17 bits per heavy atom. The summed E-state index contributed by atoms with van der Waals surface area (Å²) in [6.45, 7) is 0. The summed E-state index contributed by atoms with van der Waals surface area (Å²) in [7, 11) is 0. The van der Waals surface area contributed by atoms with Gasteiger partial charge in [-0.2, -0.15) is 4.98 Å². The fraction of sp³-hybridized carbons (Fsp3) is 0. The van der Waals surface area contributed by atoms with Crippen molar-refractivity contribution >= 4 is 28.6 Å². The molecular formula is C12H8ClN3OS. The number of nitrogens with zero attached hydrogens (tertiary/aromatic N) is 2. The van der Waals surface area contributed by atoms with Gasteiger partial charge in [-0.3, -0.25) is 0 Å². The van der Waals surface area contributed by atoms with Crippen molar-refractivity contribution in [3.05, 3.63) is 40.7 Å². The predicted molar refractivity (Wildman–Crippen MR) is 72.5 cm³/mol. The molecule has 90 valence electrons. The Bertz CT molecular complexity index is 692. The topological polar surface area (TPSA) is 64.9 Å². The number of hydrogen-bond acceptors (Lipinski definition) is 5. The van der Waals surface area contributed by atoms with Crippen LogP contribution in [0.4, 0.5) is 5.69 Å². The number of hydrogen-bond donors (Lipinski definition) is 1. The maximum Gasteiger partial charge on any atom is 0.270 e. The summed E-state index contributed by atoms with van der Waals surface area (Å²) < 4.78 is 5.21. The van der Waals surface area contributed by atoms with Crippen molar-refractivity contribution < 1.29 is 4.52 Å². The van der Waals surface area contributed by atoms with Gasteiger partial charge < -0.3 is 10.3 Å². The highest BCUT2D eigenvalue weighted by Crippen LogP contribution is 2.31. The normalized spacial score (nSPS) is 10.7. The molecule has 6 heteroatoms. The lowest BCUT2D eigenvalue weighted by Gasteiger charge is -1.93. The zero-order valence-corrected chi connectivity index (χ0v) is 10.7. The third-order valence-corrected chi connectivity index (χ3v) is 3.55. The van der Waals surface area contributed by atoms with Crippen LogP contribution in [0.3, 0.4) is 0 Å². The SMILES string of the molecule is Nc1ccsc1-c1nc(-c2cccc(Cl)c2)no1. The Labute approximate surface area is 112 Å². The summed E-state index contributed by atoms with van der Waals surface area (Å²) in [6, 6.07) is 9.10. The van der Waals surface area contributed by atoms with Crippen molar-refractivity contribution in [1.82, 2.24) is 10.1 Å². The number of aromatic nitrogens is 2. The van der Waals surface area contributed by atoms with Gasteiger partial charge in [0.1, 0.15) is 4.88 Å². The van der Waals surface area contributed by atoms with Gasteiger partial charge in [0.05, 0.1) is 5.69 Å². The molecule has 2 aromatic heterocycles. The minimum Gasteiger partial charge on any atom is -0.397 e. The van der Waals surface area contributed by atoms with Crippen LogP contribution in [-0.2, 0) is 0 Å². The lowest BCUT2D eigenvalue weighted by atomic mass is 10.2. The van der Waals surface area contributed by atoms with Gasteiger partial charge in [0.25, 0.3) is 5.89 Å². The van der Waals surface area contributed by atoms with Gasteiger partial charge in [0, 0.05) is 10.6 Å². The highest BCUT2D eigenvalue weighted by atomic mass is 35.5. The summed E-state index contributed by atoms with van der Waals surface area (Å²) >= 11 is 7.39. The van der Waals surface area contributed by atoms with Crippen molar-refractivity contribution in [3.63, 3.8) is 0 Å². The van der Waals surface area contributed by atoms with Gasteiger partial charge in [-0.15, -0.1) is 11.3 Å². The Morgan fingerprint density at radius 1 is 1.28 bits per heavy atom. The highest BCUT2D eigenvalue weighted by Gasteiger charge is 2.14. The van der Waals surface area contributed by atoms with E-state index in [-0.39, 0.29) is 0 Å². The quantitative estimate of drug-likeness (QED) is 0.776. The first kappa shape index (κ1) is 11.3. The summed E-state index contributed by atoms with van der Waals surface area (Å²) in [5.41, 5.74) is 7.26. The van der Waals surface area contributed by atoms with Crippen LogP contribution in [0, 0.1) is 0 Å². The fourth-order valence-electron chi connectivity index (χ4n) is 1.55. The third-order valence-electron chi connectivity index (χ3n) is 2.40. The van der Waals surface area contributed by atoms with Gasteiger partial charge in [0.15, 0.2) is 0 Å².